The number of unbranched alkanes of at least 4 members (excludes halogenated alkanes) is 24. The van der Waals surface area contributed by atoms with Gasteiger partial charge in [0.15, 0.2) is 5.79 Å². The van der Waals surface area contributed by atoms with Crippen LogP contribution in [-0.2, 0) is 28.1 Å². The Balaban J connectivity index is 2.27. The van der Waals surface area contributed by atoms with Crippen molar-refractivity contribution in [3.63, 3.8) is 0 Å². The lowest BCUT2D eigenvalue weighted by Gasteiger charge is -2.28. The molecule has 1 rings (SSSR count). The Labute approximate surface area is 292 Å². The van der Waals surface area contributed by atoms with Crippen molar-refractivity contribution in [2.24, 2.45) is 5.73 Å². The summed E-state index contributed by atoms with van der Waals surface area (Å²) in [6.45, 7) is 7.30. The number of rotatable bonds is 38. The van der Waals surface area contributed by atoms with E-state index in [1.54, 1.807) is 0 Å². The molecule has 2 atom stereocenters. The van der Waals surface area contributed by atoms with Crippen molar-refractivity contribution in [2.75, 3.05) is 39.5 Å². The van der Waals surface area contributed by atoms with Crippen LogP contribution in [-0.4, -0.2) is 51.3 Å². The van der Waals surface area contributed by atoms with Crippen molar-refractivity contribution in [2.45, 2.75) is 206 Å². The van der Waals surface area contributed by atoms with Gasteiger partial charge in [0.25, 0.3) is 0 Å². The van der Waals surface area contributed by atoms with Gasteiger partial charge in [-0.05, 0) is 12.8 Å². The van der Waals surface area contributed by atoms with Crippen LogP contribution >= 0.6 is 8.25 Å². The Morgan fingerprint density at radius 1 is 0.660 bits per heavy atom. The molecule has 0 bridgehead atoms. The Morgan fingerprint density at radius 3 is 1.51 bits per heavy atom. The zero-order valence-corrected chi connectivity index (χ0v) is 32.0. The number of nitrogens with two attached hydrogens (primary N) is 1. The summed E-state index contributed by atoms with van der Waals surface area (Å²) in [4.78, 5) is 4.97. The van der Waals surface area contributed by atoms with E-state index in [4.69, 9.17) is 29.3 Å². The molecule has 1 heterocycles. The van der Waals surface area contributed by atoms with Gasteiger partial charge in [-0.3, -0.25) is 0 Å². The highest BCUT2D eigenvalue weighted by Gasteiger charge is 2.42. The van der Waals surface area contributed by atoms with Crippen molar-refractivity contribution in [3.05, 3.63) is 0 Å². The van der Waals surface area contributed by atoms with Crippen LogP contribution in [0.25, 0.3) is 0 Å². The zero-order chi connectivity index (χ0) is 33.9. The first-order chi connectivity index (χ1) is 23.2. The van der Waals surface area contributed by atoms with Crippen LogP contribution in [0.3, 0.4) is 0 Å². The van der Waals surface area contributed by atoms with Crippen LogP contribution in [0.4, 0.5) is 0 Å². The van der Waals surface area contributed by atoms with E-state index in [-0.39, 0.29) is 19.3 Å². The molecular formula is C38H78N2O6P+. The van der Waals surface area contributed by atoms with Crippen LogP contribution < -0.4 is 11.1 Å². The van der Waals surface area contributed by atoms with Crippen LogP contribution in [0.2, 0.25) is 0 Å². The molecule has 2 unspecified atom stereocenters. The van der Waals surface area contributed by atoms with E-state index in [0.29, 0.717) is 26.2 Å². The smallest absolute Gasteiger partial charge is 0.347 e. The van der Waals surface area contributed by atoms with Gasteiger partial charge in [0.05, 0.1) is 17.9 Å². The minimum absolute atomic E-state index is 0.170. The maximum absolute atomic E-state index is 12.1. The van der Waals surface area contributed by atoms with Crippen molar-refractivity contribution in [1.29, 1.82) is 0 Å². The third kappa shape index (κ3) is 28.2. The standard InChI is InChI=1S/C38H78N2O6P/c1-3-5-7-9-11-13-15-17-19-21-23-25-27-29-38(30-28-26-24-22-20-18-16-14-12-10-8-6-4-2)42-35-37(45-38)36-44-47(41)46-43-34-33-40-32-31-39/h37,40H,3-36,39H2,1-2H3/q+1. The monoisotopic (exact) mass is 690 g/mol. The lowest BCUT2D eigenvalue weighted by molar-refractivity contribution is -0.209. The first kappa shape index (κ1) is 44.8. The summed E-state index contributed by atoms with van der Waals surface area (Å²) in [5.74, 6) is -0.540. The SMILES string of the molecule is CCCCCCCCCCCCCCCC1(CCCCCCCCCCCCCCC)OCC(CO[P+](=O)OOCCNCCN)O1. The lowest BCUT2D eigenvalue weighted by atomic mass is 9.98. The summed E-state index contributed by atoms with van der Waals surface area (Å²) < 4.78 is 35.2. The molecule has 0 aromatic heterocycles. The molecule has 0 radical (unpaired) electrons. The van der Waals surface area contributed by atoms with E-state index in [1.807, 2.05) is 0 Å². The Bertz CT molecular complexity index is 644. The van der Waals surface area contributed by atoms with Crippen LogP contribution in [0.1, 0.15) is 194 Å². The van der Waals surface area contributed by atoms with Crippen molar-refractivity contribution >= 4 is 8.25 Å². The van der Waals surface area contributed by atoms with Crippen LogP contribution in [0.5, 0.6) is 0 Å². The van der Waals surface area contributed by atoms with E-state index in [1.165, 1.54) is 154 Å². The first-order valence-electron chi connectivity index (χ1n) is 20.3. The van der Waals surface area contributed by atoms with Crippen LogP contribution in [0, 0.1) is 0 Å². The molecule has 1 aliphatic rings. The molecule has 1 saturated heterocycles. The Kier molecular flexibility index (Phi) is 32.7. The number of hydrogen-bond acceptors (Lipinski definition) is 8. The highest BCUT2D eigenvalue weighted by molar-refractivity contribution is 7.33. The lowest BCUT2D eigenvalue weighted by Crippen LogP contribution is -2.31. The first-order valence-corrected chi connectivity index (χ1v) is 21.4. The fourth-order valence-electron chi connectivity index (χ4n) is 6.50. The van der Waals surface area contributed by atoms with Gasteiger partial charge in [0.1, 0.15) is 12.7 Å². The largest absolute Gasteiger partial charge is 0.728 e. The second-order valence-corrected chi connectivity index (χ2v) is 14.8. The average Bonchev–Trinajstić information content (AvgIpc) is 3.49. The average molecular weight is 690 g/mol. The fourth-order valence-corrected chi connectivity index (χ4v) is 6.99. The van der Waals surface area contributed by atoms with Gasteiger partial charge in [-0.1, -0.05) is 168 Å². The third-order valence-corrected chi connectivity index (χ3v) is 9.99. The van der Waals surface area contributed by atoms with Gasteiger partial charge in [-0.15, -0.1) is 4.52 Å². The Hall–Kier alpha value is -0.180. The van der Waals surface area contributed by atoms with E-state index in [0.717, 1.165) is 25.7 Å². The van der Waals surface area contributed by atoms with Gasteiger partial charge >= 0.3 is 8.25 Å². The van der Waals surface area contributed by atoms with E-state index in [9.17, 15) is 4.57 Å². The molecule has 8 nitrogen and oxygen atoms in total. The molecule has 280 valence electrons. The summed E-state index contributed by atoms with van der Waals surface area (Å²) in [6, 6.07) is 0. The minimum atomic E-state index is -2.37. The van der Waals surface area contributed by atoms with Gasteiger partial charge in [0, 0.05) is 37.0 Å². The molecule has 9 heteroatoms. The van der Waals surface area contributed by atoms with E-state index in [2.05, 4.69) is 19.2 Å². The molecule has 0 aliphatic carbocycles. The topological polar surface area (TPSA) is 101 Å². The molecule has 0 saturated carbocycles. The molecule has 1 fully saturated rings. The fraction of sp³-hybridized carbons (Fsp3) is 1.00. The predicted octanol–water partition coefficient (Wildman–Crippen LogP) is 11.2. The summed E-state index contributed by atoms with van der Waals surface area (Å²) in [6.07, 6.45) is 36.6. The molecule has 0 spiro atoms. The predicted molar refractivity (Wildman–Crippen MR) is 197 cm³/mol. The molecule has 0 aromatic carbocycles. The van der Waals surface area contributed by atoms with Gasteiger partial charge in [0.2, 0.25) is 0 Å². The second kappa shape index (κ2) is 34.3. The summed E-state index contributed by atoms with van der Waals surface area (Å²) >= 11 is 0. The summed E-state index contributed by atoms with van der Waals surface area (Å²) in [5.41, 5.74) is 5.44. The Morgan fingerprint density at radius 2 is 1.09 bits per heavy atom. The molecule has 47 heavy (non-hydrogen) atoms. The number of ether oxygens (including phenoxy) is 2. The summed E-state index contributed by atoms with van der Waals surface area (Å²) in [5, 5.41) is 3.08. The normalized spacial score (nSPS) is 16.3. The molecular weight excluding hydrogens is 611 g/mol. The number of nitrogens with one attached hydrogen (secondary N) is 1. The molecule has 0 aromatic rings. The second-order valence-electron chi connectivity index (χ2n) is 13.9. The highest BCUT2D eigenvalue weighted by atomic mass is 31.1. The summed E-state index contributed by atoms with van der Waals surface area (Å²) in [7, 11) is -2.37. The molecule has 1 aliphatic heterocycles. The highest BCUT2D eigenvalue weighted by Crippen LogP contribution is 2.36. The van der Waals surface area contributed by atoms with E-state index >= 15 is 0 Å². The number of hydrogen-bond donors (Lipinski definition) is 2. The minimum Gasteiger partial charge on any atom is -0.347 e. The van der Waals surface area contributed by atoms with Crippen molar-refractivity contribution in [1.82, 2.24) is 5.32 Å². The van der Waals surface area contributed by atoms with Crippen LogP contribution in [0.15, 0.2) is 0 Å². The van der Waals surface area contributed by atoms with Gasteiger partial charge < -0.3 is 20.5 Å². The third-order valence-electron chi connectivity index (χ3n) is 9.40. The maximum Gasteiger partial charge on any atom is 0.728 e. The van der Waals surface area contributed by atoms with E-state index < -0.39 is 14.0 Å². The van der Waals surface area contributed by atoms with Crippen molar-refractivity contribution < 1.29 is 28.1 Å². The quantitative estimate of drug-likeness (QED) is 0.0286. The van der Waals surface area contributed by atoms with Crippen molar-refractivity contribution in [3.8, 4) is 0 Å². The molecule has 0 amide bonds. The molecule has 3 N–H and O–H groups in total. The maximum atomic E-state index is 12.1. The van der Waals surface area contributed by atoms with Gasteiger partial charge in [-0.2, -0.15) is 4.89 Å². The van der Waals surface area contributed by atoms with Gasteiger partial charge in [-0.25, -0.2) is 0 Å². The zero-order valence-electron chi connectivity index (χ0n) is 31.1.